The summed E-state index contributed by atoms with van der Waals surface area (Å²) in [5.74, 6) is 0.305. The zero-order valence-corrected chi connectivity index (χ0v) is 10.3. The maximum Gasteiger partial charge on any atom is 0.407 e. The van der Waals surface area contributed by atoms with Crippen molar-refractivity contribution < 1.29 is 19.4 Å². The molecule has 2 rings (SSSR count). The topological polar surface area (TPSA) is 75.6 Å². The molecule has 0 heterocycles. The van der Waals surface area contributed by atoms with Gasteiger partial charge in [0.1, 0.15) is 6.61 Å². The van der Waals surface area contributed by atoms with Crippen LogP contribution in [0.5, 0.6) is 0 Å². The van der Waals surface area contributed by atoms with Crippen molar-refractivity contribution in [2.75, 3.05) is 13.2 Å². The molecule has 0 aliphatic heterocycles. The minimum Gasteiger partial charge on any atom is -0.481 e. The molecule has 0 radical (unpaired) electrons. The molecule has 2 bridgehead atoms. The number of aliphatic carboxylic acids is 1. The Morgan fingerprint density at radius 3 is 2.67 bits per heavy atom. The highest BCUT2D eigenvalue weighted by atomic mass is 16.5. The van der Waals surface area contributed by atoms with Gasteiger partial charge in [-0.2, -0.15) is 0 Å². The van der Waals surface area contributed by atoms with Crippen LogP contribution in [0, 0.1) is 23.7 Å². The third-order valence-corrected chi connectivity index (χ3v) is 4.16. The fraction of sp³-hybridized carbons (Fsp3) is 0.692. The Hall–Kier alpha value is -1.52. The van der Waals surface area contributed by atoms with Crippen molar-refractivity contribution in [2.24, 2.45) is 23.7 Å². The molecule has 2 aliphatic rings. The molecule has 0 saturated heterocycles. The highest BCUT2D eigenvalue weighted by Gasteiger charge is 2.48. The summed E-state index contributed by atoms with van der Waals surface area (Å²) in [6.07, 6.45) is 3.75. The Morgan fingerprint density at radius 1 is 1.33 bits per heavy atom. The molecular weight excluding hydrogens is 234 g/mol. The average Bonchev–Trinajstić information content (AvgIpc) is 2.93. The van der Waals surface area contributed by atoms with Gasteiger partial charge in [-0.1, -0.05) is 12.7 Å². The molecule has 0 spiro atoms. The third-order valence-electron chi connectivity index (χ3n) is 4.16. The van der Waals surface area contributed by atoms with Gasteiger partial charge in [0.05, 0.1) is 5.92 Å². The predicted molar refractivity (Wildman–Crippen MR) is 65.0 cm³/mol. The summed E-state index contributed by atoms with van der Waals surface area (Å²) in [6.45, 7) is 4.26. The Bertz CT molecular complexity index is 355. The van der Waals surface area contributed by atoms with E-state index in [1.165, 1.54) is 6.08 Å². The van der Waals surface area contributed by atoms with Gasteiger partial charge in [0.2, 0.25) is 0 Å². The Kier molecular flexibility index (Phi) is 3.89. The monoisotopic (exact) mass is 253 g/mol. The molecule has 2 fully saturated rings. The number of fused-ring (bicyclic) bond motifs is 2. The number of amides is 1. The lowest BCUT2D eigenvalue weighted by molar-refractivity contribution is -0.143. The number of hydrogen-bond acceptors (Lipinski definition) is 3. The second kappa shape index (κ2) is 5.42. The second-order valence-electron chi connectivity index (χ2n) is 5.20. The minimum atomic E-state index is -0.667. The van der Waals surface area contributed by atoms with Crippen molar-refractivity contribution in [1.82, 2.24) is 5.32 Å². The van der Waals surface area contributed by atoms with Gasteiger partial charge in [0.25, 0.3) is 0 Å². The van der Waals surface area contributed by atoms with Crippen LogP contribution in [0.1, 0.15) is 19.3 Å². The number of carboxylic acids is 1. The number of ether oxygens (including phenoxy) is 1. The molecule has 100 valence electrons. The largest absolute Gasteiger partial charge is 0.481 e. The quantitative estimate of drug-likeness (QED) is 0.730. The summed E-state index contributed by atoms with van der Waals surface area (Å²) in [4.78, 5) is 22.2. The van der Waals surface area contributed by atoms with E-state index in [4.69, 9.17) is 9.84 Å². The van der Waals surface area contributed by atoms with Gasteiger partial charge in [-0.25, -0.2) is 4.79 Å². The molecule has 2 N–H and O–H groups in total. The smallest absolute Gasteiger partial charge is 0.407 e. The van der Waals surface area contributed by atoms with Crippen LogP contribution < -0.4 is 5.32 Å². The van der Waals surface area contributed by atoms with Crippen molar-refractivity contribution >= 4 is 12.1 Å². The highest BCUT2D eigenvalue weighted by molar-refractivity contribution is 5.71. The lowest BCUT2D eigenvalue weighted by Crippen LogP contribution is -2.34. The molecule has 5 nitrogen and oxygen atoms in total. The van der Waals surface area contributed by atoms with Crippen LogP contribution in [-0.4, -0.2) is 30.3 Å². The normalized spacial score (nSPS) is 33.1. The van der Waals surface area contributed by atoms with Crippen molar-refractivity contribution in [3.05, 3.63) is 12.7 Å². The number of carbonyl (C=O) groups excluding carboxylic acids is 1. The van der Waals surface area contributed by atoms with Gasteiger partial charge in [-0.15, -0.1) is 0 Å². The van der Waals surface area contributed by atoms with Crippen molar-refractivity contribution in [3.63, 3.8) is 0 Å². The summed E-state index contributed by atoms with van der Waals surface area (Å²) in [5.41, 5.74) is 0. The summed E-state index contributed by atoms with van der Waals surface area (Å²) in [7, 11) is 0. The standard InChI is InChI=1S/C13H19NO4/c1-2-3-18-13(17)14-7-10-5-9-4-8(10)6-11(9)12(15)16/h2,8-11H,1,3-7H2,(H,14,17)(H,15,16). The average molecular weight is 253 g/mol. The first kappa shape index (κ1) is 12.9. The first-order valence-corrected chi connectivity index (χ1v) is 6.36. The molecule has 0 aromatic rings. The zero-order chi connectivity index (χ0) is 13.1. The van der Waals surface area contributed by atoms with E-state index in [-0.39, 0.29) is 12.5 Å². The van der Waals surface area contributed by atoms with Gasteiger partial charge in [-0.3, -0.25) is 4.79 Å². The summed E-state index contributed by atoms with van der Waals surface area (Å²) < 4.78 is 4.83. The Balaban J connectivity index is 1.73. The van der Waals surface area contributed by atoms with Crippen LogP contribution in [0.4, 0.5) is 4.79 Å². The molecule has 2 saturated carbocycles. The van der Waals surface area contributed by atoms with Crippen LogP contribution >= 0.6 is 0 Å². The number of alkyl carbamates (subject to hydrolysis) is 1. The first-order chi connectivity index (χ1) is 8.61. The molecular formula is C13H19NO4. The van der Waals surface area contributed by atoms with Gasteiger partial charge in [0.15, 0.2) is 0 Å². The lowest BCUT2D eigenvalue weighted by Gasteiger charge is -2.25. The molecule has 1 amide bonds. The van der Waals surface area contributed by atoms with E-state index in [0.29, 0.717) is 24.3 Å². The predicted octanol–water partition coefficient (Wildman–Crippen LogP) is 1.65. The van der Waals surface area contributed by atoms with Crippen LogP contribution in [-0.2, 0) is 9.53 Å². The van der Waals surface area contributed by atoms with Crippen molar-refractivity contribution in [1.29, 1.82) is 0 Å². The maximum atomic E-state index is 11.3. The molecule has 0 aromatic heterocycles. The van der Waals surface area contributed by atoms with Gasteiger partial charge < -0.3 is 15.2 Å². The van der Waals surface area contributed by atoms with Crippen molar-refractivity contribution in [3.8, 4) is 0 Å². The highest BCUT2D eigenvalue weighted by Crippen LogP contribution is 2.51. The van der Waals surface area contributed by atoms with E-state index < -0.39 is 12.1 Å². The van der Waals surface area contributed by atoms with Crippen molar-refractivity contribution in [2.45, 2.75) is 19.3 Å². The summed E-state index contributed by atoms with van der Waals surface area (Å²) >= 11 is 0. The maximum absolute atomic E-state index is 11.3. The SMILES string of the molecule is C=CCOC(=O)NCC1CC2CC1CC2C(=O)O. The first-order valence-electron chi connectivity index (χ1n) is 6.36. The molecule has 5 heteroatoms. The number of nitrogens with one attached hydrogen (secondary N) is 1. The van der Waals surface area contributed by atoms with Gasteiger partial charge in [-0.05, 0) is 37.0 Å². The fourth-order valence-corrected chi connectivity index (χ4v) is 3.35. The van der Waals surface area contributed by atoms with Gasteiger partial charge >= 0.3 is 12.1 Å². The lowest BCUT2D eigenvalue weighted by atomic mass is 9.82. The van der Waals surface area contributed by atoms with E-state index >= 15 is 0 Å². The Morgan fingerprint density at radius 2 is 2.11 bits per heavy atom. The van der Waals surface area contributed by atoms with E-state index in [0.717, 1.165) is 19.3 Å². The summed E-state index contributed by atoms with van der Waals surface area (Å²) in [5, 5.41) is 11.8. The fourth-order valence-electron chi connectivity index (χ4n) is 3.35. The third kappa shape index (κ3) is 2.66. The number of carboxylic acid groups (broad SMARTS) is 1. The molecule has 2 aliphatic carbocycles. The minimum absolute atomic E-state index is 0.168. The van der Waals surface area contributed by atoms with Crippen LogP contribution in [0.3, 0.4) is 0 Å². The molecule has 18 heavy (non-hydrogen) atoms. The van der Waals surface area contributed by atoms with Crippen LogP contribution in [0.2, 0.25) is 0 Å². The zero-order valence-electron chi connectivity index (χ0n) is 10.3. The van der Waals surface area contributed by atoms with E-state index in [9.17, 15) is 9.59 Å². The number of hydrogen-bond donors (Lipinski definition) is 2. The number of rotatable bonds is 5. The molecule has 4 unspecified atom stereocenters. The van der Waals surface area contributed by atoms with E-state index in [2.05, 4.69) is 11.9 Å². The second-order valence-corrected chi connectivity index (χ2v) is 5.20. The van der Waals surface area contributed by atoms with E-state index in [1.54, 1.807) is 0 Å². The van der Waals surface area contributed by atoms with Crippen LogP contribution in [0.15, 0.2) is 12.7 Å². The number of carbonyl (C=O) groups is 2. The Labute approximate surface area is 106 Å². The van der Waals surface area contributed by atoms with E-state index in [1.807, 2.05) is 0 Å². The van der Waals surface area contributed by atoms with Crippen LogP contribution in [0.25, 0.3) is 0 Å². The molecule has 4 atom stereocenters. The van der Waals surface area contributed by atoms with Gasteiger partial charge in [0, 0.05) is 6.54 Å². The summed E-state index contributed by atoms with van der Waals surface area (Å²) in [6, 6.07) is 0. The molecule has 0 aromatic carbocycles.